The average molecular weight is 420 g/mol. The molecular weight excluding hydrogens is 386 g/mol. The fourth-order valence-electron chi connectivity index (χ4n) is 3.08. The van der Waals surface area contributed by atoms with Crippen LogP contribution in [0.25, 0.3) is 0 Å². The lowest BCUT2D eigenvalue weighted by atomic mass is 10.0. The van der Waals surface area contributed by atoms with Gasteiger partial charge in [-0.2, -0.15) is 0 Å². The van der Waals surface area contributed by atoms with Gasteiger partial charge in [0, 0.05) is 6.04 Å². The molecule has 0 aliphatic carbocycles. The molecule has 29 heavy (non-hydrogen) atoms. The quantitative estimate of drug-likeness (QED) is 0.510. The lowest BCUT2D eigenvalue weighted by Gasteiger charge is -2.20. The zero-order valence-corrected chi connectivity index (χ0v) is 18.2. The van der Waals surface area contributed by atoms with Gasteiger partial charge < -0.3 is 9.84 Å². The van der Waals surface area contributed by atoms with Crippen molar-refractivity contribution in [3.8, 4) is 0 Å². The Hall–Kier alpha value is -1.73. The highest BCUT2D eigenvalue weighted by Crippen LogP contribution is 2.16. The molecule has 0 fully saturated rings. The van der Waals surface area contributed by atoms with Gasteiger partial charge in [0.05, 0.1) is 24.2 Å². The van der Waals surface area contributed by atoms with Crippen molar-refractivity contribution in [1.29, 1.82) is 0 Å². The second-order valence-electron chi connectivity index (χ2n) is 7.51. The van der Waals surface area contributed by atoms with Crippen LogP contribution in [-0.2, 0) is 21.4 Å². The van der Waals surface area contributed by atoms with Crippen molar-refractivity contribution in [2.45, 2.75) is 69.6 Å². The summed E-state index contributed by atoms with van der Waals surface area (Å²) in [5.41, 5.74) is 2.08. The highest BCUT2D eigenvalue weighted by Gasteiger charge is 2.20. The van der Waals surface area contributed by atoms with E-state index in [1.807, 2.05) is 37.3 Å². The lowest BCUT2D eigenvalue weighted by Crippen LogP contribution is -2.35. The van der Waals surface area contributed by atoms with Crippen LogP contribution in [0.15, 0.2) is 59.5 Å². The van der Waals surface area contributed by atoms with Gasteiger partial charge in [-0.05, 0) is 43.9 Å². The Balaban J connectivity index is 1.84. The number of unbranched alkanes of at least 4 members (excludes halogenated alkanes) is 1. The van der Waals surface area contributed by atoms with Gasteiger partial charge in [0.1, 0.15) is 0 Å². The molecule has 0 saturated heterocycles. The molecule has 0 radical (unpaired) electrons. The third-order valence-corrected chi connectivity index (χ3v) is 6.37. The third kappa shape index (κ3) is 8.66. The van der Waals surface area contributed by atoms with Crippen LogP contribution >= 0.6 is 0 Å². The molecule has 0 spiro atoms. The predicted octanol–water partition coefficient (Wildman–Crippen LogP) is 4.19. The molecule has 0 heterocycles. The van der Waals surface area contributed by atoms with Crippen LogP contribution in [0.2, 0.25) is 0 Å². The number of aliphatic hydroxyl groups is 1. The smallest absolute Gasteiger partial charge is 0.240 e. The standard InChI is InChI=1S/C23H33NO4S/c1-3-4-10-21(24-29(26,27)23-15-11-19(2)12-16-23)13-14-22(25)18-28-17-20-8-6-5-7-9-20/h5-9,11-12,15-16,21-22,24-25H,3-4,10,13-14,17-18H2,1-2H3/t21-,22+/m0/s1. The fraction of sp³-hybridized carbons (Fsp3) is 0.478. The van der Waals surface area contributed by atoms with Gasteiger partial charge in [-0.3, -0.25) is 0 Å². The Labute approximate surface area is 175 Å². The van der Waals surface area contributed by atoms with Crippen LogP contribution in [0.3, 0.4) is 0 Å². The van der Waals surface area contributed by atoms with Crippen molar-refractivity contribution >= 4 is 10.0 Å². The zero-order chi connectivity index (χ0) is 21.1. The summed E-state index contributed by atoms with van der Waals surface area (Å²) in [6.45, 7) is 4.70. The maximum atomic E-state index is 12.7. The molecule has 2 rings (SSSR count). The first kappa shape index (κ1) is 23.5. The van der Waals surface area contributed by atoms with Crippen LogP contribution in [0, 0.1) is 6.92 Å². The van der Waals surface area contributed by atoms with Crippen LogP contribution in [0.5, 0.6) is 0 Å². The molecule has 5 nitrogen and oxygen atoms in total. The van der Waals surface area contributed by atoms with E-state index in [1.54, 1.807) is 24.3 Å². The molecule has 2 N–H and O–H groups in total. The van der Waals surface area contributed by atoms with Crippen molar-refractivity contribution in [2.75, 3.05) is 6.61 Å². The van der Waals surface area contributed by atoms with Gasteiger partial charge in [-0.15, -0.1) is 0 Å². The van der Waals surface area contributed by atoms with E-state index in [0.29, 0.717) is 19.4 Å². The second-order valence-corrected chi connectivity index (χ2v) is 9.22. The topological polar surface area (TPSA) is 75.6 Å². The first-order chi connectivity index (χ1) is 13.9. The molecule has 0 aliphatic rings. The number of benzene rings is 2. The predicted molar refractivity (Wildman–Crippen MR) is 116 cm³/mol. The minimum absolute atomic E-state index is 0.204. The number of sulfonamides is 1. The number of hydrogen-bond donors (Lipinski definition) is 2. The molecule has 6 heteroatoms. The Morgan fingerprint density at radius 3 is 2.34 bits per heavy atom. The van der Waals surface area contributed by atoms with Gasteiger partial charge in [0.15, 0.2) is 0 Å². The van der Waals surface area contributed by atoms with Crippen molar-refractivity contribution in [1.82, 2.24) is 4.72 Å². The molecule has 0 aliphatic heterocycles. The molecule has 160 valence electrons. The summed E-state index contributed by atoms with van der Waals surface area (Å²) in [5.74, 6) is 0. The summed E-state index contributed by atoms with van der Waals surface area (Å²) < 4.78 is 33.8. The molecular formula is C23H33NO4S. The Morgan fingerprint density at radius 1 is 1.00 bits per heavy atom. The van der Waals surface area contributed by atoms with Crippen molar-refractivity contribution in [3.63, 3.8) is 0 Å². The first-order valence-electron chi connectivity index (χ1n) is 10.3. The molecule has 0 saturated carbocycles. The molecule has 0 bridgehead atoms. The number of nitrogens with one attached hydrogen (secondary N) is 1. The van der Waals surface area contributed by atoms with E-state index in [0.717, 1.165) is 30.4 Å². The van der Waals surface area contributed by atoms with Crippen molar-refractivity contribution in [3.05, 3.63) is 65.7 Å². The maximum absolute atomic E-state index is 12.7. The van der Waals surface area contributed by atoms with Crippen LogP contribution in [0.1, 0.15) is 50.2 Å². The van der Waals surface area contributed by atoms with E-state index in [4.69, 9.17) is 4.74 Å². The van der Waals surface area contributed by atoms with Crippen LogP contribution in [-0.4, -0.2) is 32.3 Å². The minimum Gasteiger partial charge on any atom is -0.391 e. The summed E-state index contributed by atoms with van der Waals surface area (Å²) in [5, 5.41) is 10.2. The fourth-order valence-corrected chi connectivity index (χ4v) is 4.39. The zero-order valence-electron chi connectivity index (χ0n) is 17.4. The molecule has 0 unspecified atom stereocenters. The molecule has 2 atom stereocenters. The summed E-state index contributed by atoms with van der Waals surface area (Å²) >= 11 is 0. The lowest BCUT2D eigenvalue weighted by molar-refractivity contribution is 0.0225. The van der Waals surface area contributed by atoms with E-state index >= 15 is 0 Å². The number of aryl methyl sites for hydroxylation is 1. The molecule has 2 aromatic rings. The van der Waals surface area contributed by atoms with E-state index in [-0.39, 0.29) is 17.5 Å². The number of rotatable bonds is 13. The monoisotopic (exact) mass is 419 g/mol. The van der Waals surface area contributed by atoms with Gasteiger partial charge in [-0.1, -0.05) is 67.8 Å². The molecule has 2 aromatic carbocycles. The Morgan fingerprint density at radius 2 is 1.69 bits per heavy atom. The molecule has 0 aromatic heterocycles. The Bertz CT molecular complexity index is 807. The van der Waals surface area contributed by atoms with Gasteiger partial charge >= 0.3 is 0 Å². The van der Waals surface area contributed by atoms with Crippen molar-refractivity contribution in [2.24, 2.45) is 0 Å². The van der Waals surface area contributed by atoms with E-state index in [9.17, 15) is 13.5 Å². The van der Waals surface area contributed by atoms with E-state index in [2.05, 4.69) is 11.6 Å². The highest BCUT2D eigenvalue weighted by atomic mass is 32.2. The normalized spacial score (nSPS) is 13.9. The van der Waals surface area contributed by atoms with E-state index in [1.165, 1.54) is 0 Å². The molecule has 0 amide bonds. The first-order valence-corrected chi connectivity index (χ1v) is 11.8. The number of hydrogen-bond acceptors (Lipinski definition) is 4. The summed E-state index contributed by atoms with van der Waals surface area (Å²) in [6.07, 6.45) is 3.11. The van der Waals surface area contributed by atoms with Gasteiger partial charge in [-0.25, -0.2) is 13.1 Å². The maximum Gasteiger partial charge on any atom is 0.240 e. The summed E-state index contributed by atoms with van der Waals surface area (Å²) in [6, 6.07) is 16.5. The van der Waals surface area contributed by atoms with Crippen molar-refractivity contribution < 1.29 is 18.3 Å². The van der Waals surface area contributed by atoms with Crippen LogP contribution in [0.4, 0.5) is 0 Å². The van der Waals surface area contributed by atoms with E-state index < -0.39 is 16.1 Å². The second kappa shape index (κ2) is 12.1. The van der Waals surface area contributed by atoms with Gasteiger partial charge in [0.2, 0.25) is 10.0 Å². The largest absolute Gasteiger partial charge is 0.391 e. The summed E-state index contributed by atoms with van der Waals surface area (Å²) in [4.78, 5) is 0.274. The SMILES string of the molecule is CCCC[C@@H](CC[C@@H](O)COCc1ccccc1)NS(=O)(=O)c1ccc(C)cc1. The average Bonchev–Trinajstić information content (AvgIpc) is 2.71. The minimum atomic E-state index is -3.57. The third-order valence-electron chi connectivity index (χ3n) is 4.83. The number of ether oxygens (including phenoxy) is 1. The summed E-state index contributed by atoms with van der Waals surface area (Å²) in [7, 11) is -3.57. The van der Waals surface area contributed by atoms with Crippen LogP contribution < -0.4 is 4.72 Å². The highest BCUT2D eigenvalue weighted by molar-refractivity contribution is 7.89. The number of aliphatic hydroxyl groups excluding tert-OH is 1. The Kier molecular flexibility index (Phi) is 9.81. The van der Waals surface area contributed by atoms with Gasteiger partial charge in [0.25, 0.3) is 0 Å².